The van der Waals surface area contributed by atoms with Crippen molar-refractivity contribution in [1.29, 1.82) is 0 Å². The number of anilines is 1. The van der Waals surface area contributed by atoms with Gasteiger partial charge in [0.2, 0.25) is 0 Å². The molecule has 1 N–H and O–H groups in total. The topological polar surface area (TPSA) is 32.7 Å². The lowest BCUT2D eigenvalue weighted by atomic mass is 10.0. The number of hydrogen-bond acceptors (Lipinski definition) is 3. The van der Waals surface area contributed by atoms with Crippen LogP contribution in [0.4, 0.5) is 5.69 Å². The first-order valence-electron chi connectivity index (χ1n) is 5.99. The maximum atomic E-state index is 9.48. The molecule has 0 heterocycles. The quantitative estimate of drug-likeness (QED) is 0.854. The van der Waals surface area contributed by atoms with E-state index in [1.165, 1.54) is 5.56 Å². The molecule has 1 atom stereocenters. The molecule has 17 heavy (non-hydrogen) atoms. The van der Waals surface area contributed by atoms with Crippen molar-refractivity contribution in [3.05, 3.63) is 23.8 Å². The van der Waals surface area contributed by atoms with Crippen LogP contribution in [0.2, 0.25) is 0 Å². The number of aryl methyl sites for hydroxylation is 1. The molecule has 3 heteroatoms. The summed E-state index contributed by atoms with van der Waals surface area (Å²) in [6, 6.07) is 6.19. The van der Waals surface area contributed by atoms with E-state index in [0.717, 1.165) is 11.4 Å². The monoisotopic (exact) mass is 237 g/mol. The molecule has 0 spiro atoms. The average molecular weight is 237 g/mol. The van der Waals surface area contributed by atoms with E-state index in [1.54, 1.807) is 7.11 Å². The fourth-order valence-electron chi connectivity index (χ4n) is 2.03. The molecule has 0 bridgehead atoms. The van der Waals surface area contributed by atoms with Crippen molar-refractivity contribution in [3.63, 3.8) is 0 Å². The number of hydrogen-bond donors (Lipinski definition) is 1. The number of methoxy groups -OCH3 is 1. The Bertz CT molecular complexity index is 363. The highest BCUT2D eigenvalue weighted by Crippen LogP contribution is 2.30. The molecule has 0 saturated heterocycles. The van der Waals surface area contributed by atoms with E-state index in [9.17, 15) is 5.11 Å². The second-order valence-electron chi connectivity index (χ2n) is 4.78. The lowest BCUT2D eigenvalue weighted by Gasteiger charge is -2.32. The molecule has 0 amide bonds. The van der Waals surface area contributed by atoms with Crippen LogP contribution in [-0.4, -0.2) is 31.9 Å². The standard InChI is InChI=1S/C14H23NO2/c1-10(2)13(9-16)15(4)12-8-11(3)6-7-14(12)17-5/h6-8,10,13,16H,9H2,1-5H3. The van der Waals surface area contributed by atoms with Gasteiger partial charge < -0.3 is 14.7 Å². The second kappa shape index (κ2) is 5.92. The minimum Gasteiger partial charge on any atom is -0.495 e. The fraction of sp³-hybridized carbons (Fsp3) is 0.571. The van der Waals surface area contributed by atoms with Crippen LogP contribution in [0.3, 0.4) is 0 Å². The molecule has 0 radical (unpaired) electrons. The summed E-state index contributed by atoms with van der Waals surface area (Å²) in [4.78, 5) is 2.09. The molecule has 1 rings (SSSR count). The fourth-order valence-corrected chi connectivity index (χ4v) is 2.03. The first-order valence-corrected chi connectivity index (χ1v) is 5.99. The van der Waals surface area contributed by atoms with Crippen molar-refractivity contribution < 1.29 is 9.84 Å². The van der Waals surface area contributed by atoms with Gasteiger partial charge in [0.1, 0.15) is 5.75 Å². The van der Waals surface area contributed by atoms with E-state index < -0.39 is 0 Å². The van der Waals surface area contributed by atoms with E-state index in [2.05, 4.69) is 31.7 Å². The van der Waals surface area contributed by atoms with Gasteiger partial charge in [0.25, 0.3) is 0 Å². The van der Waals surface area contributed by atoms with E-state index in [4.69, 9.17) is 4.74 Å². The predicted molar refractivity (Wildman–Crippen MR) is 71.8 cm³/mol. The highest BCUT2D eigenvalue weighted by molar-refractivity contribution is 5.60. The van der Waals surface area contributed by atoms with Crippen LogP contribution >= 0.6 is 0 Å². The largest absolute Gasteiger partial charge is 0.495 e. The molecule has 1 aromatic rings. The van der Waals surface area contributed by atoms with Gasteiger partial charge >= 0.3 is 0 Å². The van der Waals surface area contributed by atoms with Gasteiger partial charge in [-0.15, -0.1) is 0 Å². The van der Waals surface area contributed by atoms with Crippen LogP contribution in [0.25, 0.3) is 0 Å². The molecule has 0 saturated carbocycles. The van der Waals surface area contributed by atoms with Gasteiger partial charge in [-0.3, -0.25) is 0 Å². The van der Waals surface area contributed by atoms with Crippen molar-refractivity contribution >= 4 is 5.69 Å². The molecule has 0 aromatic heterocycles. The number of nitrogens with zero attached hydrogens (tertiary/aromatic N) is 1. The normalized spacial score (nSPS) is 12.6. The maximum Gasteiger partial charge on any atom is 0.142 e. The number of likely N-dealkylation sites (N-methyl/N-ethyl adjacent to an activating group) is 1. The van der Waals surface area contributed by atoms with Gasteiger partial charge in [-0.1, -0.05) is 19.9 Å². The Labute approximate surface area is 104 Å². The van der Waals surface area contributed by atoms with Gasteiger partial charge in [-0.25, -0.2) is 0 Å². The third-order valence-electron chi connectivity index (χ3n) is 3.17. The number of aliphatic hydroxyl groups excluding tert-OH is 1. The molecule has 1 unspecified atom stereocenters. The van der Waals surface area contributed by atoms with Crippen LogP contribution in [0, 0.1) is 12.8 Å². The van der Waals surface area contributed by atoms with Crippen molar-refractivity contribution in [2.75, 3.05) is 25.7 Å². The number of ether oxygens (including phenoxy) is 1. The van der Waals surface area contributed by atoms with Crippen molar-refractivity contribution in [2.24, 2.45) is 5.92 Å². The minimum atomic E-state index is 0.102. The second-order valence-corrected chi connectivity index (χ2v) is 4.78. The van der Waals surface area contributed by atoms with Crippen LogP contribution in [0.1, 0.15) is 19.4 Å². The van der Waals surface area contributed by atoms with E-state index in [-0.39, 0.29) is 12.6 Å². The van der Waals surface area contributed by atoms with Gasteiger partial charge in [0.05, 0.1) is 25.4 Å². The lowest BCUT2D eigenvalue weighted by molar-refractivity contribution is 0.233. The summed E-state index contributed by atoms with van der Waals surface area (Å²) in [6.07, 6.45) is 0. The highest BCUT2D eigenvalue weighted by atomic mass is 16.5. The summed E-state index contributed by atoms with van der Waals surface area (Å²) in [5.74, 6) is 1.23. The van der Waals surface area contributed by atoms with Gasteiger partial charge in [-0.2, -0.15) is 0 Å². The zero-order chi connectivity index (χ0) is 13.0. The Morgan fingerprint density at radius 2 is 2.00 bits per heavy atom. The van der Waals surface area contributed by atoms with Crippen LogP contribution < -0.4 is 9.64 Å². The van der Waals surface area contributed by atoms with Crippen molar-refractivity contribution in [1.82, 2.24) is 0 Å². The predicted octanol–water partition coefficient (Wildman–Crippen LogP) is 2.46. The SMILES string of the molecule is COc1ccc(C)cc1N(C)C(CO)C(C)C. The number of aliphatic hydroxyl groups is 1. The first kappa shape index (κ1) is 13.8. The summed E-state index contributed by atoms with van der Waals surface area (Å²) in [5.41, 5.74) is 2.22. The highest BCUT2D eigenvalue weighted by Gasteiger charge is 2.20. The molecule has 0 fully saturated rings. The van der Waals surface area contributed by atoms with Gasteiger partial charge in [-0.05, 0) is 30.5 Å². The summed E-state index contributed by atoms with van der Waals surface area (Å²) in [7, 11) is 3.67. The van der Waals surface area contributed by atoms with Crippen LogP contribution in [0.15, 0.2) is 18.2 Å². The third-order valence-corrected chi connectivity index (χ3v) is 3.17. The smallest absolute Gasteiger partial charge is 0.142 e. The molecule has 0 aliphatic rings. The first-order chi connectivity index (χ1) is 8.01. The zero-order valence-corrected chi connectivity index (χ0v) is 11.4. The van der Waals surface area contributed by atoms with Crippen LogP contribution in [-0.2, 0) is 0 Å². The third kappa shape index (κ3) is 3.13. The average Bonchev–Trinajstić information content (AvgIpc) is 2.29. The number of rotatable bonds is 5. The Balaban J connectivity index is 3.08. The Hall–Kier alpha value is -1.22. The summed E-state index contributed by atoms with van der Waals surface area (Å²) in [5, 5.41) is 9.48. The molecule has 0 aliphatic heterocycles. The minimum absolute atomic E-state index is 0.102. The molecular weight excluding hydrogens is 214 g/mol. The Morgan fingerprint density at radius 3 is 2.47 bits per heavy atom. The Morgan fingerprint density at radius 1 is 1.35 bits per heavy atom. The Kier molecular flexibility index (Phi) is 4.82. The van der Waals surface area contributed by atoms with Crippen LogP contribution in [0.5, 0.6) is 5.75 Å². The van der Waals surface area contributed by atoms with Gasteiger partial charge in [0, 0.05) is 7.05 Å². The van der Waals surface area contributed by atoms with Crippen molar-refractivity contribution in [2.45, 2.75) is 26.8 Å². The van der Waals surface area contributed by atoms with Crippen molar-refractivity contribution in [3.8, 4) is 5.75 Å². The molecule has 1 aromatic carbocycles. The van der Waals surface area contributed by atoms with E-state index >= 15 is 0 Å². The molecule has 96 valence electrons. The molecule has 0 aliphatic carbocycles. The maximum absolute atomic E-state index is 9.48. The number of benzene rings is 1. The summed E-state index contributed by atoms with van der Waals surface area (Å²) in [6.45, 7) is 6.42. The van der Waals surface area contributed by atoms with Gasteiger partial charge in [0.15, 0.2) is 0 Å². The summed E-state index contributed by atoms with van der Waals surface area (Å²) >= 11 is 0. The summed E-state index contributed by atoms with van der Waals surface area (Å²) < 4.78 is 5.37. The van der Waals surface area contributed by atoms with E-state index in [0.29, 0.717) is 5.92 Å². The zero-order valence-electron chi connectivity index (χ0n) is 11.4. The van der Waals surface area contributed by atoms with E-state index in [1.807, 2.05) is 19.2 Å². The molecular formula is C14H23NO2. The molecule has 3 nitrogen and oxygen atoms in total. The lowest BCUT2D eigenvalue weighted by Crippen LogP contribution is -2.39.